The second-order valence-electron chi connectivity index (χ2n) is 4.18. The van der Waals surface area contributed by atoms with Crippen molar-refractivity contribution in [2.24, 2.45) is 0 Å². The number of amides is 1. The molecule has 0 aliphatic rings. The molecule has 0 aliphatic heterocycles. The van der Waals surface area contributed by atoms with Crippen LogP contribution in [0.4, 0.5) is 5.69 Å². The molecule has 0 fully saturated rings. The zero-order valence-electron chi connectivity index (χ0n) is 11.0. The first kappa shape index (κ1) is 14.9. The third-order valence-electron chi connectivity index (χ3n) is 2.68. The molecule has 0 aliphatic carbocycles. The smallest absolute Gasteiger partial charge is 0.237 e. The number of benzene rings is 1. The molecule has 1 aromatic carbocycles. The lowest BCUT2D eigenvalue weighted by Crippen LogP contribution is -2.24. The van der Waals surface area contributed by atoms with Gasteiger partial charge < -0.3 is 5.32 Å². The Morgan fingerprint density at radius 1 is 1.30 bits per heavy atom. The van der Waals surface area contributed by atoms with Crippen molar-refractivity contribution in [1.29, 1.82) is 0 Å². The minimum Gasteiger partial charge on any atom is -0.325 e. The molecule has 5 heteroatoms. The van der Waals surface area contributed by atoms with Crippen LogP contribution < -0.4 is 5.32 Å². The van der Waals surface area contributed by atoms with Crippen LogP contribution in [0.15, 0.2) is 53.7 Å². The minimum absolute atomic E-state index is 0.0227. The Balaban J connectivity index is 2.00. The van der Waals surface area contributed by atoms with Gasteiger partial charge in [-0.1, -0.05) is 36.4 Å². The van der Waals surface area contributed by atoms with Crippen LogP contribution in [0.3, 0.4) is 0 Å². The van der Waals surface area contributed by atoms with Crippen molar-refractivity contribution in [3.8, 4) is 0 Å². The summed E-state index contributed by atoms with van der Waals surface area (Å²) >= 11 is 7.29. The molecule has 0 saturated heterocycles. The lowest BCUT2D eigenvalue weighted by atomic mass is 10.3. The van der Waals surface area contributed by atoms with E-state index in [1.165, 1.54) is 11.8 Å². The zero-order valence-corrected chi connectivity index (χ0v) is 12.6. The normalized spacial score (nSPS) is 11.9. The van der Waals surface area contributed by atoms with Crippen LogP contribution in [0, 0.1) is 0 Å². The fourth-order valence-electron chi connectivity index (χ4n) is 1.64. The molecule has 0 spiro atoms. The van der Waals surface area contributed by atoms with Gasteiger partial charge in [-0.05, 0) is 42.8 Å². The Bertz CT molecular complexity index is 560. The van der Waals surface area contributed by atoms with E-state index in [1.54, 1.807) is 30.5 Å². The van der Waals surface area contributed by atoms with Gasteiger partial charge in [-0.15, -0.1) is 0 Å². The number of nitrogens with one attached hydrogen (secondary N) is 1. The number of hydrogen-bond acceptors (Lipinski definition) is 3. The Morgan fingerprint density at radius 2 is 2.05 bits per heavy atom. The van der Waals surface area contributed by atoms with Gasteiger partial charge in [0.15, 0.2) is 0 Å². The molecule has 0 bridgehead atoms. The van der Waals surface area contributed by atoms with E-state index in [-0.39, 0.29) is 11.2 Å². The summed E-state index contributed by atoms with van der Waals surface area (Å²) in [5, 5.41) is 4.23. The largest absolute Gasteiger partial charge is 0.325 e. The molecule has 0 saturated carbocycles. The van der Waals surface area contributed by atoms with Crippen molar-refractivity contribution in [3.63, 3.8) is 0 Å². The summed E-state index contributed by atoms with van der Waals surface area (Å²) in [7, 11) is 0. The van der Waals surface area contributed by atoms with E-state index in [9.17, 15) is 4.79 Å². The van der Waals surface area contributed by atoms with Gasteiger partial charge >= 0.3 is 0 Å². The minimum atomic E-state index is -0.166. The number of halogens is 1. The number of nitrogens with zero attached hydrogens (tertiary/aromatic N) is 1. The Labute approximate surface area is 127 Å². The highest BCUT2D eigenvalue weighted by Crippen LogP contribution is 2.24. The summed E-state index contributed by atoms with van der Waals surface area (Å²) in [6.45, 7) is 1.99. The third kappa shape index (κ3) is 4.25. The number of anilines is 1. The lowest BCUT2D eigenvalue weighted by Gasteiger charge is -2.14. The first-order valence-corrected chi connectivity index (χ1v) is 7.59. The number of aromatic nitrogens is 1. The number of hydrogen-bond donors (Lipinski definition) is 1. The highest BCUT2D eigenvalue weighted by Gasteiger charge is 2.18. The molecule has 1 heterocycles. The maximum Gasteiger partial charge on any atom is 0.237 e. The molecule has 3 nitrogen and oxygen atoms in total. The summed E-state index contributed by atoms with van der Waals surface area (Å²) in [6.07, 6.45) is 2.47. The summed E-state index contributed by atoms with van der Waals surface area (Å²) in [6, 6.07) is 12.8. The Kier molecular flexibility index (Phi) is 5.44. The molecular formula is C15H15ClN2OS. The van der Waals surface area contributed by atoms with E-state index in [4.69, 9.17) is 11.6 Å². The van der Waals surface area contributed by atoms with E-state index in [1.807, 2.05) is 25.1 Å². The average Bonchev–Trinajstić information content (AvgIpc) is 2.48. The van der Waals surface area contributed by atoms with Crippen LogP contribution in [0.2, 0.25) is 5.02 Å². The maximum atomic E-state index is 12.2. The fourth-order valence-corrected chi connectivity index (χ4v) is 2.67. The van der Waals surface area contributed by atoms with Crippen molar-refractivity contribution in [2.75, 3.05) is 5.32 Å². The molecule has 1 atom stereocenters. The molecule has 104 valence electrons. The van der Waals surface area contributed by atoms with E-state index in [2.05, 4.69) is 10.3 Å². The average molecular weight is 307 g/mol. The summed E-state index contributed by atoms with van der Waals surface area (Å²) in [5.74, 6) is -0.0227. The predicted molar refractivity (Wildman–Crippen MR) is 84.3 cm³/mol. The number of rotatable bonds is 5. The van der Waals surface area contributed by atoms with Crippen molar-refractivity contribution in [1.82, 2.24) is 4.98 Å². The summed E-state index contributed by atoms with van der Waals surface area (Å²) in [4.78, 5) is 16.5. The van der Waals surface area contributed by atoms with Crippen molar-refractivity contribution >= 4 is 35.0 Å². The molecule has 20 heavy (non-hydrogen) atoms. The van der Waals surface area contributed by atoms with E-state index in [0.29, 0.717) is 5.02 Å². The van der Waals surface area contributed by atoms with E-state index in [0.717, 1.165) is 17.1 Å². The van der Waals surface area contributed by atoms with Crippen LogP contribution in [0.1, 0.15) is 13.3 Å². The first-order valence-electron chi connectivity index (χ1n) is 6.33. The number of pyridine rings is 1. The lowest BCUT2D eigenvalue weighted by molar-refractivity contribution is -0.115. The van der Waals surface area contributed by atoms with Gasteiger partial charge in [-0.25, -0.2) is 4.98 Å². The van der Waals surface area contributed by atoms with Crippen molar-refractivity contribution < 1.29 is 4.79 Å². The number of thioether (sulfide) groups is 1. The number of carbonyl (C=O) groups is 1. The van der Waals surface area contributed by atoms with Gasteiger partial charge in [0.25, 0.3) is 0 Å². The third-order valence-corrected chi connectivity index (χ3v) is 4.24. The van der Waals surface area contributed by atoms with Gasteiger partial charge in [0.2, 0.25) is 5.91 Å². The van der Waals surface area contributed by atoms with E-state index >= 15 is 0 Å². The van der Waals surface area contributed by atoms with Crippen LogP contribution in [-0.4, -0.2) is 16.1 Å². The Morgan fingerprint density at radius 3 is 2.65 bits per heavy atom. The van der Waals surface area contributed by atoms with Crippen molar-refractivity contribution in [3.05, 3.63) is 53.7 Å². The molecule has 1 amide bonds. The van der Waals surface area contributed by atoms with Gasteiger partial charge in [0.05, 0.1) is 10.3 Å². The van der Waals surface area contributed by atoms with Crippen molar-refractivity contribution in [2.45, 2.75) is 23.6 Å². The molecule has 0 radical (unpaired) electrons. The number of carbonyl (C=O) groups excluding carboxylic acids is 1. The molecule has 2 aromatic rings. The zero-order chi connectivity index (χ0) is 14.4. The Hall–Kier alpha value is -1.52. The van der Waals surface area contributed by atoms with Gasteiger partial charge in [0, 0.05) is 16.9 Å². The second-order valence-corrected chi connectivity index (χ2v) is 5.84. The molecule has 1 N–H and O–H groups in total. The SMILES string of the molecule is CC[C@@H](Sc1ccccn1)C(=O)Nc1ccc(Cl)cc1. The first-order chi connectivity index (χ1) is 9.69. The van der Waals surface area contributed by atoms with Crippen LogP contribution in [-0.2, 0) is 4.79 Å². The molecule has 0 unspecified atom stereocenters. The highest BCUT2D eigenvalue weighted by atomic mass is 35.5. The van der Waals surface area contributed by atoms with E-state index < -0.39 is 0 Å². The summed E-state index contributed by atoms with van der Waals surface area (Å²) < 4.78 is 0. The molecule has 2 rings (SSSR count). The van der Waals surface area contributed by atoms with Crippen LogP contribution in [0.5, 0.6) is 0 Å². The topological polar surface area (TPSA) is 42.0 Å². The quantitative estimate of drug-likeness (QED) is 0.840. The monoisotopic (exact) mass is 306 g/mol. The van der Waals surface area contributed by atoms with Gasteiger partial charge in [-0.3, -0.25) is 4.79 Å². The van der Waals surface area contributed by atoms with Gasteiger partial charge in [-0.2, -0.15) is 0 Å². The second kappa shape index (κ2) is 7.31. The molecule has 1 aromatic heterocycles. The summed E-state index contributed by atoms with van der Waals surface area (Å²) in [5.41, 5.74) is 0.750. The predicted octanol–water partition coefficient (Wildman–Crippen LogP) is 4.24. The van der Waals surface area contributed by atoms with Crippen LogP contribution >= 0.6 is 23.4 Å². The van der Waals surface area contributed by atoms with Gasteiger partial charge in [0.1, 0.15) is 0 Å². The standard InChI is InChI=1S/C15H15ClN2OS/c1-2-13(20-14-5-3-4-10-17-14)15(19)18-12-8-6-11(16)7-9-12/h3-10,13H,2H2,1H3,(H,18,19)/t13-/m1/s1. The van der Waals surface area contributed by atoms with Crippen LogP contribution in [0.25, 0.3) is 0 Å². The fraction of sp³-hybridized carbons (Fsp3) is 0.200. The maximum absolute atomic E-state index is 12.2. The highest BCUT2D eigenvalue weighted by molar-refractivity contribution is 8.00. The molecular weight excluding hydrogens is 292 g/mol.